The summed E-state index contributed by atoms with van der Waals surface area (Å²) in [4.78, 5) is 11.0. The van der Waals surface area contributed by atoms with E-state index >= 15 is 0 Å². The van der Waals surface area contributed by atoms with Crippen LogP contribution in [-0.2, 0) is 0 Å². The molecule has 20 heavy (non-hydrogen) atoms. The first-order valence-electron chi connectivity index (χ1n) is 7.44. The van der Waals surface area contributed by atoms with E-state index in [1.165, 1.54) is 32.4 Å². The van der Waals surface area contributed by atoms with Gasteiger partial charge in [-0.2, -0.15) is 0 Å². The Morgan fingerprint density at radius 2 is 1.85 bits per heavy atom. The second-order valence-electron chi connectivity index (χ2n) is 4.96. The zero-order valence-corrected chi connectivity index (χ0v) is 12.5. The minimum Gasteiger partial charge on any atom is -0.490 e. The summed E-state index contributed by atoms with van der Waals surface area (Å²) in [5.74, 6) is 2.19. The Labute approximate surface area is 120 Å². The van der Waals surface area contributed by atoms with Crippen LogP contribution in [0.4, 0.5) is 11.6 Å². The van der Waals surface area contributed by atoms with Crippen LogP contribution in [0.25, 0.3) is 0 Å². The van der Waals surface area contributed by atoms with Crippen molar-refractivity contribution < 1.29 is 4.74 Å². The molecule has 2 N–H and O–H groups in total. The van der Waals surface area contributed by atoms with Gasteiger partial charge in [0, 0.05) is 19.6 Å². The number of methoxy groups -OCH3 is 1. The third-order valence-electron chi connectivity index (χ3n) is 3.52. The van der Waals surface area contributed by atoms with Crippen molar-refractivity contribution in [2.24, 2.45) is 0 Å². The lowest BCUT2D eigenvalue weighted by atomic mass is 10.1. The van der Waals surface area contributed by atoms with Gasteiger partial charge in [-0.3, -0.25) is 0 Å². The minimum absolute atomic E-state index is 0.688. The van der Waals surface area contributed by atoms with Crippen LogP contribution in [0.5, 0.6) is 5.75 Å². The van der Waals surface area contributed by atoms with Gasteiger partial charge in [-0.25, -0.2) is 9.97 Å². The fraction of sp³-hybridized carbons (Fsp3) is 0.714. The van der Waals surface area contributed by atoms with E-state index in [9.17, 15) is 0 Å². The largest absolute Gasteiger partial charge is 0.490 e. The van der Waals surface area contributed by atoms with Crippen molar-refractivity contribution in [1.82, 2.24) is 14.9 Å². The molecular weight excluding hydrogens is 254 g/mol. The molecule has 6 nitrogen and oxygen atoms in total. The van der Waals surface area contributed by atoms with Crippen molar-refractivity contribution in [1.29, 1.82) is 0 Å². The molecule has 2 heterocycles. The molecule has 0 spiro atoms. The third kappa shape index (κ3) is 3.96. The molecule has 0 atom stereocenters. The fourth-order valence-corrected chi connectivity index (χ4v) is 2.50. The van der Waals surface area contributed by atoms with Crippen LogP contribution < -0.4 is 15.4 Å². The maximum atomic E-state index is 5.41. The Morgan fingerprint density at radius 3 is 2.50 bits per heavy atom. The summed E-state index contributed by atoms with van der Waals surface area (Å²) < 4.78 is 5.41. The van der Waals surface area contributed by atoms with Crippen LogP contribution in [0.1, 0.15) is 26.2 Å². The van der Waals surface area contributed by atoms with E-state index in [-0.39, 0.29) is 0 Å². The van der Waals surface area contributed by atoms with Crippen LogP contribution in [0.15, 0.2) is 6.33 Å². The van der Waals surface area contributed by atoms with Crippen LogP contribution in [-0.4, -0.2) is 54.7 Å². The van der Waals surface area contributed by atoms with E-state index in [0.717, 1.165) is 31.3 Å². The highest BCUT2D eigenvalue weighted by Gasteiger charge is 2.12. The molecule has 1 aromatic rings. The van der Waals surface area contributed by atoms with E-state index in [1.807, 2.05) is 6.92 Å². The van der Waals surface area contributed by atoms with Gasteiger partial charge in [0.1, 0.15) is 6.33 Å². The Kier molecular flexibility index (Phi) is 5.86. The smallest absolute Gasteiger partial charge is 0.204 e. The van der Waals surface area contributed by atoms with Gasteiger partial charge in [-0.05, 0) is 32.9 Å². The summed E-state index contributed by atoms with van der Waals surface area (Å²) in [5, 5.41) is 6.53. The molecule has 0 unspecified atom stereocenters. The van der Waals surface area contributed by atoms with E-state index < -0.39 is 0 Å². The van der Waals surface area contributed by atoms with Crippen LogP contribution >= 0.6 is 0 Å². The molecule has 1 saturated heterocycles. The average Bonchev–Trinajstić information content (AvgIpc) is 2.49. The molecule has 1 aromatic heterocycles. The van der Waals surface area contributed by atoms with Crippen LogP contribution in [0.3, 0.4) is 0 Å². The highest BCUT2D eigenvalue weighted by Crippen LogP contribution is 2.28. The van der Waals surface area contributed by atoms with E-state index in [2.05, 4.69) is 25.5 Å². The molecule has 0 bridgehead atoms. The maximum absolute atomic E-state index is 5.41. The zero-order chi connectivity index (χ0) is 14.2. The van der Waals surface area contributed by atoms with Crippen LogP contribution in [0, 0.1) is 0 Å². The lowest BCUT2D eigenvalue weighted by molar-refractivity contribution is 0.237. The predicted octanol–water partition coefficient (Wildman–Crippen LogP) is 1.81. The van der Waals surface area contributed by atoms with Gasteiger partial charge < -0.3 is 20.3 Å². The Balaban J connectivity index is 1.89. The molecule has 2 rings (SSSR count). The molecule has 0 aliphatic carbocycles. The Morgan fingerprint density at radius 1 is 1.15 bits per heavy atom. The molecule has 6 heteroatoms. The van der Waals surface area contributed by atoms with Crippen LogP contribution in [0.2, 0.25) is 0 Å². The van der Waals surface area contributed by atoms with Gasteiger partial charge in [-0.15, -0.1) is 0 Å². The first-order valence-corrected chi connectivity index (χ1v) is 7.44. The SMILES string of the molecule is CCNc1ncnc(NCCN2CCCCC2)c1OC. The van der Waals surface area contributed by atoms with Crippen molar-refractivity contribution in [3.63, 3.8) is 0 Å². The van der Waals surface area contributed by atoms with Gasteiger partial charge in [0.25, 0.3) is 0 Å². The molecule has 0 radical (unpaired) electrons. The number of anilines is 2. The minimum atomic E-state index is 0.688. The molecule has 1 aliphatic heterocycles. The monoisotopic (exact) mass is 279 g/mol. The summed E-state index contributed by atoms with van der Waals surface area (Å²) in [7, 11) is 1.65. The second kappa shape index (κ2) is 7.89. The highest BCUT2D eigenvalue weighted by atomic mass is 16.5. The molecule has 1 aliphatic rings. The normalized spacial score (nSPS) is 15.9. The lowest BCUT2D eigenvalue weighted by Crippen LogP contribution is -2.33. The predicted molar refractivity (Wildman–Crippen MR) is 81.5 cm³/mol. The standard InChI is InChI=1S/C14H25N5O/c1-3-15-13-12(20-2)14(18-11-17-13)16-7-10-19-8-5-4-6-9-19/h11H,3-10H2,1-2H3,(H2,15,16,17,18). The quantitative estimate of drug-likeness (QED) is 0.794. The van der Waals surface area contributed by atoms with Gasteiger partial charge >= 0.3 is 0 Å². The van der Waals surface area contributed by atoms with Crippen molar-refractivity contribution in [3.8, 4) is 5.75 Å². The number of likely N-dealkylation sites (tertiary alicyclic amines) is 1. The number of aromatic nitrogens is 2. The number of hydrogen-bond acceptors (Lipinski definition) is 6. The highest BCUT2D eigenvalue weighted by molar-refractivity contribution is 5.63. The van der Waals surface area contributed by atoms with Crippen molar-refractivity contribution in [3.05, 3.63) is 6.33 Å². The summed E-state index contributed by atoms with van der Waals surface area (Å²) >= 11 is 0. The Hall–Kier alpha value is -1.56. The molecule has 0 amide bonds. The van der Waals surface area contributed by atoms with E-state index in [1.54, 1.807) is 13.4 Å². The lowest BCUT2D eigenvalue weighted by Gasteiger charge is -2.26. The number of piperidine rings is 1. The van der Waals surface area contributed by atoms with Crippen molar-refractivity contribution in [2.45, 2.75) is 26.2 Å². The second-order valence-corrected chi connectivity index (χ2v) is 4.96. The zero-order valence-electron chi connectivity index (χ0n) is 12.5. The van der Waals surface area contributed by atoms with Gasteiger partial charge in [0.15, 0.2) is 11.6 Å². The van der Waals surface area contributed by atoms with Gasteiger partial charge in [0.2, 0.25) is 5.75 Å². The summed E-state index contributed by atoms with van der Waals surface area (Å²) in [6.07, 6.45) is 5.57. The summed E-state index contributed by atoms with van der Waals surface area (Å²) in [6, 6.07) is 0. The average molecular weight is 279 g/mol. The maximum Gasteiger partial charge on any atom is 0.204 e. The number of nitrogens with zero attached hydrogens (tertiary/aromatic N) is 3. The molecule has 112 valence electrons. The van der Waals surface area contributed by atoms with Gasteiger partial charge in [0.05, 0.1) is 7.11 Å². The molecule has 0 saturated carbocycles. The molecule has 1 fully saturated rings. The van der Waals surface area contributed by atoms with Crippen molar-refractivity contribution >= 4 is 11.6 Å². The third-order valence-corrected chi connectivity index (χ3v) is 3.52. The van der Waals surface area contributed by atoms with Gasteiger partial charge in [-0.1, -0.05) is 6.42 Å². The Bertz CT molecular complexity index is 407. The number of nitrogens with one attached hydrogen (secondary N) is 2. The number of rotatable bonds is 7. The van der Waals surface area contributed by atoms with Crippen molar-refractivity contribution in [2.75, 3.05) is 50.5 Å². The van der Waals surface area contributed by atoms with E-state index in [0.29, 0.717) is 5.75 Å². The number of hydrogen-bond donors (Lipinski definition) is 2. The first kappa shape index (κ1) is 14.8. The molecular formula is C14H25N5O. The fourth-order valence-electron chi connectivity index (χ4n) is 2.50. The summed E-state index contributed by atoms with van der Waals surface area (Å²) in [6.45, 7) is 7.19. The first-order chi connectivity index (χ1) is 9.85. The number of ether oxygens (including phenoxy) is 1. The molecule has 0 aromatic carbocycles. The summed E-state index contributed by atoms with van der Waals surface area (Å²) in [5.41, 5.74) is 0. The topological polar surface area (TPSA) is 62.3 Å². The van der Waals surface area contributed by atoms with E-state index in [4.69, 9.17) is 4.74 Å².